The molecule has 4 heteroatoms. The molecule has 0 saturated heterocycles. The molecule has 2 aliphatic carbocycles. The lowest BCUT2D eigenvalue weighted by Crippen LogP contribution is -2.28. The van der Waals surface area contributed by atoms with Gasteiger partial charge in [0, 0.05) is 4.88 Å². The third-order valence-electron chi connectivity index (χ3n) is 4.84. The Hall–Kier alpha value is -0.870. The maximum absolute atomic E-state index is 10.7. The lowest BCUT2D eigenvalue weighted by atomic mass is 9.67. The largest absolute Gasteiger partial charge is 0.387 e. The number of rotatable bonds is 4. The van der Waals surface area contributed by atoms with E-state index in [-0.39, 0.29) is 6.10 Å². The van der Waals surface area contributed by atoms with Crippen LogP contribution in [0, 0.1) is 5.41 Å². The minimum absolute atomic E-state index is 0.330. The van der Waals surface area contributed by atoms with Crippen molar-refractivity contribution < 1.29 is 5.11 Å². The van der Waals surface area contributed by atoms with E-state index >= 15 is 0 Å². The first kappa shape index (κ1) is 11.9. The molecule has 2 aromatic rings. The molecular formula is C15H20N2OS. The molecule has 1 N–H and O–H groups in total. The van der Waals surface area contributed by atoms with Gasteiger partial charge >= 0.3 is 0 Å². The van der Waals surface area contributed by atoms with Crippen molar-refractivity contribution in [2.45, 2.75) is 57.5 Å². The molecule has 2 saturated carbocycles. The molecule has 4 rings (SSSR count). The van der Waals surface area contributed by atoms with Crippen LogP contribution < -0.4 is 0 Å². The Bertz CT molecular complexity index is 607. The molecule has 0 amide bonds. The van der Waals surface area contributed by atoms with Gasteiger partial charge in [0.05, 0.1) is 18.0 Å². The number of thiazole rings is 1. The van der Waals surface area contributed by atoms with Crippen molar-refractivity contribution in [1.29, 1.82) is 0 Å². The molecule has 0 aromatic carbocycles. The summed E-state index contributed by atoms with van der Waals surface area (Å²) >= 11 is 1.82. The van der Waals surface area contributed by atoms with Gasteiger partial charge in [-0.25, -0.2) is 4.98 Å². The highest BCUT2D eigenvalue weighted by molar-refractivity contribution is 7.17. The van der Waals surface area contributed by atoms with E-state index in [1.165, 1.54) is 41.8 Å². The smallest absolute Gasteiger partial charge is 0.120 e. The van der Waals surface area contributed by atoms with Crippen LogP contribution in [0.4, 0.5) is 0 Å². The molecule has 0 radical (unpaired) electrons. The van der Waals surface area contributed by atoms with Crippen LogP contribution in [0.2, 0.25) is 0 Å². The summed E-state index contributed by atoms with van der Waals surface area (Å²) in [6.07, 6.45) is 10.8. The fourth-order valence-corrected chi connectivity index (χ4v) is 4.66. The van der Waals surface area contributed by atoms with Crippen LogP contribution in [-0.2, 0) is 0 Å². The number of hydrogen-bond donors (Lipinski definition) is 1. The van der Waals surface area contributed by atoms with Crippen LogP contribution in [-0.4, -0.2) is 14.5 Å². The molecule has 19 heavy (non-hydrogen) atoms. The molecular weight excluding hydrogens is 256 g/mol. The Balaban J connectivity index is 1.71. The molecule has 1 atom stereocenters. The third-order valence-corrected chi connectivity index (χ3v) is 6.12. The average Bonchev–Trinajstić information content (AvgIpc) is 2.96. The fraction of sp³-hybridized carbons (Fsp3) is 0.667. The molecule has 2 heterocycles. The number of aliphatic hydroxyl groups excluding tert-OH is 1. The number of aliphatic hydroxyl groups is 1. The highest BCUT2D eigenvalue weighted by Gasteiger charge is 2.37. The summed E-state index contributed by atoms with van der Waals surface area (Å²) in [5, 5.41) is 10.7. The summed E-state index contributed by atoms with van der Waals surface area (Å²) in [5.74, 6) is 0.698. The molecule has 1 unspecified atom stereocenters. The van der Waals surface area contributed by atoms with Crippen molar-refractivity contribution in [3.05, 3.63) is 23.1 Å². The molecule has 102 valence electrons. The molecule has 0 spiro atoms. The number of imidazole rings is 1. The average molecular weight is 276 g/mol. The van der Waals surface area contributed by atoms with E-state index in [4.69, 9.17) is 0 Å². The van der Waals surface area contributed by atoms with Gasteiger partial charge < -0.3 is 5.11 Å². The van der Waals surface area contributed by atoms with Gasteiger partial charge in [0.1, 0.15) is 11.2 Å². The van der Waals surface area contributed by atoms with Gasteiger partial charge in [-0.3, -0.25) is 4.40 Å². The normalized spacial score (nSPS) is 23.5. The number of hydrogen-bond acceptors (Lipinski definition) is 3. The Morgan fingerprint density at radius 2 is 2.32 bits per heavy atom. The van der Waals surface area contributed by atoms with Crippen molar-refractivity contribution in [3.8, 4) is 0 Å². The highest BCUT2D eigenvalue weighted by Crippen LogP contribution is 2.51. The summed E-state index contributed by atoms with van der Waals surface area (Å²) in [6.45, 7) is 2.31. The Kier molecular flexibility index (Phi) is 2.55. The van der Waals surface area contributed by atoms with Crippen molar-refractivity contribution in [2.24, 2.45) is 5.41 Å². The van der Waals surface area contributed by atoms with Crippen LogP contribution >= 0.6 is 11.3 Å². The van der Waals surface area contributed by atoms with E-state index < -0.39 is 0 Å². The van der Waals surface area contributed by atoms with Crippen molar-refractivity contribution >= 4 is 16.2 Å². The molecule has 0 bridgehead atoms. The quantitative estimate of drug-likeness (QED) is 0.920. The second-order valence-electron chi connectivity index (χ2n) is 6.61. The van der Waals surface area contributed by atoms with Gasteiger partial charge in [-0.15, -0.1) is 11.3 Å². The summed E-state index contributed by atoms with van der Waals surface area (Å²) < 4.78 is 2.12. The predicted octanol–water partition coefficient (Wildman–Crippen LogP) is 3.89. The summed E-state index contributed by atoms with van der Waals surface area (Å²) in [7, 11) is 0. The molecule has 3 nitrogen and oxygen atoms in total. The first-order chi connectivity index (χ1) is 9.16. The zero-order valence-electron chi connectivity index (χ0n) is 11.3. The predicted molar refractivity (Wildman–Crippen MR) is 76.6 cm³/mol. The van der Waals surface area contributed by atoms with Crippen molar-refractivity contribution in [1.82, 2.24) is 9.38 Å². The Morgan fingerprint density at radius 1 is 1.53 bits per heavy atom. The fourth-order valence-electron chi connectivity index (χ4n) is 3.33. The maximum atomic E-state index is 10.7. The van der Waals surface area contributed by atoms with Crippen LogP contribution in [0.15, 0.2) is 12.5 Å². The second-order valence-corrected chi connectivity index (χ2v) is 7.67. The Labute approximate surface area is 117 Å². The topological polar surface area (TPSA) is 37.5 Å². The standard InChI is InChI=1S/C15H20N2OS/c1-15(5-2-6-15)7-11(18)13-14(10-3-4-10)19-12-8-16-9-17(12)13/h8-11,18H,2-7H2,1H3. The minimum atomic E-state index is -0.330. The monoisotopic (exact) mass is 276 g/mol. The van der Waals surface area contributed by atoms with E-state index in [0.29, 0.717) is 11.3 Å². The second kappa shape index (κ2) is 4.06. The SMILES string of the molecule is CC1(CC(O)c2c(C3CC3)sc3cncn23)CCC1. The van der Waals surface area contributed by atoms with Gasteiger partial charge in [0.25, 0.3) is 0 Å². The third kappa shape index (κ3) is 1.93. The zero-order chi connectivity index (χ0) is 13.0. The summed E-state index contributed by atoms with van der Waals surface area (Å²) in [5.41, 5.74) is 1.49. The van der Waals surface area contributed by atoms with Crippen LogP contribution in [0.3, 0.4) is 0 Å². The number of aromatic nitrogens is 2. The minimum Gasteiger partial charge on any atom is -0.387 e. The van der Waals surface area contributed by atoms with Crippen molar-refractivity contribution in [2.75, 3.05) is 0 Å². The molecule has 0 aliphatic heterocycles. The lowest BCUT2D eigenvalue weighted by molar-refractivity contribution is 0.0517. The van der Waals surface area contributed by atoms with E-state index in [9.17, 15) is 5.11 Å². The van der Waals surface area contributed by atoms with Gasteiger partial charge in [0.2, 0.25) is 0 Å². The molecule has 2 fully saturated rings. The highest BCUT2D eigenvalue weighted by atomic mass is 32.1. The van der Waals surface area contributed by atoms with Gasteiger partial charge in [-0.05, 0) is 43.4 Å². The first-order valence-corrected chi connectivity index (χ1v) is 8.11. The van der Waals surface area contributed by atoms with Crippen LogP contribution in [0.5, 0.6) is 0 Å². The van der Waals surface area contributed by atoms with Gasteiger partial charge in [0.15, 0.2) is 0 Å². The summed E-state index contributed by atoms with van der Waals surface area (Å²) in [6, 6.07) is 0. The van der Waals surface area contributed by atoms with Crippen LogP contribution in [0.1, 0.15) is 68.0 Å². The first-order valence-electron chi connectivity index (χ1n) is 7.29. The Morgan fingerprint density at radius 3 is 2.95 bits per heavy atom. The molecule has 2 aliphatic rings. The molecule has 2 aromatic heterocycles. The number of nitrogens with zero attached hydrogens (tertiary/aromatic N) is 2. The van der Waals surface area contributed by atoms with Crippen molar-refractivity contribution in [3.63, 3.8) is 0 Å². The van der Waals surface area contributed by atoms with Crippen LogP contribution in [0.25, 0.3) is 4.83 Å². The van der Waals surface area contributed by atoms with E-state index in [0.717, 1.165) is 12.1 Å². The zero-order valence-corrected chi connectivity index (χ0v) is 12.1. The van der Waals surface area contributed by atoms with E-state index in [2.05, 4.69) is 16.3 Å². The van der Waals surface area contributed by atoms with E-state index in [1.54, 1.807) is 0 Å². The van der Waals surface area contributed by atoms with Gasteiger partial charge in [-0.2, -0.15) is 0 Å². The van der Waals surface area contributed by atoms with E-state index in [1.807, 2.05) is 23.9 Å². The maximum Gasteiger partial charge on any atom is 0.120 e. The summed E-state index contributed by atoms with van der Waals surface area (Å²) in [4.78, 5) is 6.80. The lowest BCUT2D eigenvalue weighted by Gasteiger charge is -2.40. The number of fused-ring (bicyclic) bond motifs is 1. The van der Waals surface area contributed by atoms with Gasteiger partial charge in [-0.1, -0.05) is 13.3 Å².